The first-order valence-electron chi connectivity index (χ1n) is 6.93. The number of hydrogen-bond donors (Lipinski definition) is 2. The van der Waals surface area contributed by atoms with Gasteiger partial charge in [-0.1, -0.05) is 36.4 Å². The molecule has 1 atom stereocenters. The second-order valence-corrected chi connectivity index (χ2v) is 5.88. The third-order valence-electron chi connectivity index (χ3n) is 4.37. The molecule has 0 bridgehead atoms. The molecule has 4 heteroatoms. The normalized spacial score (nSPS) is 13.6. The number of nitrogens with zero attached hydrogens (tertiary/aromatic N) is 1. The molecule has 4 nitrogen and oxygen atoms in total. The summed E-state index contributed by atoms with van der Waals surface area (Å²) in [6.07, 6.45) is 0. The van der Waals surface area contributed by atoms with Gasteiger partial charge in [-0.25, -0.2) is 0 Å². The molecule has 0 heterocycles. The average molecular weight is 287 g/mol. The van der Waals surface area contributed by atoms with Crippen molar-refractivity contribution in [3.8, 4) is 5.75 Å². The van der Waals surface area contributed by atoms with Crippen LogP contribution in [-0.2, 0) is 4.79 Å². The van der Waals surface area contributed by atoms with Crippen LogP contribution in [0.1, 0.15) is 32.4 Å². The smallest absolute Gasteiger partial charge is 0.323 e. The average Bonchev–Trinajstić information content (AvgIpc) is 2.46. The Balaban J connectivity index is 2.47. The number of fused-ring (bicyclic) bond motifs is 1. The lowest BCUT2D eigenvalue weighted by atomic mass is 9.95. The molecule has 0 aliphatic rings. The van der Waals surface area contributed by atoms with Gasteiger partial charge < -0.3 is 10.2 Å². The summed E-state index contributed by atoms with van der Waals surface area (Å²) in [7, 11) is 1.76. The predicted molar refractivity (Wildman–Crippen MR) is 83.5 cm³/mol. The molecule has 2 rings (SSSR count). The van der Waals surface area contributed by atoms with E-state index in [1.807, 2.05) is 43.3 Å². The van der Waals surface area contributed by atoms with Gasteiger partial charge in [-0.2, -0.15) is 0 Å². The summed E-state index contributed by atoms with van der Waals surface area (Å²) >= 11 is 0. The van der Waals surface area contributed by atoms with Crippen LogP contribution in [0.5, 0.6) is 5.75 Å². The van der Waals surface area contributed by atoms with E-state index in [1.54, 1.807) is 25.8 Å². The van der Waals surface area contributed by atoms with Gasteiger partial charge in [0, 0.05) is 17.0 Å². The van der Waals surface area contributed by atoms with E-state index >= 15 is 0 Å². The molecule has 0 amide bonds. The largest absolute Gasteiger partial charge is 0.507 e. The molecule has 112 valence electrons. The monoisotopic (exact) mass is 287 g/mol. The molecule has 0 saturated heterocycles. The number of phenolic OH excluding ortho intramolecular Hbond substituents is 1. The molecule has 0 aromatic heterocycles. The number of aromatic hydroxyl groups is 1. The summed E-state index contributed by atoms with van der Waals surface area (Å²) in [6, 6.07) is 11.2. The number of hydrogen-bond acceptors (Lipinski definition) is 3. The molecule has 0 fully saturated rings. The van der Waals surface area contributed by atoms with Gasteiger partial charge in [-0.3, -0.25) is 9.69 Å². The molecule has 1 unspecified atom stereocenters. The minimum atomic E-state index is -1.02. The van der Waals surface area contributed by atoms with Crippen molar-refractivity contribution in [2.45, 2.75) is 32.4 Å². The van der Waals surface area contributed by atoms with Crippen LogP contribution < -0.4 is 0 Å². The van der Waals surface area contributed by atoms with Crippen LogP contribution in [0.15, 0.2) is 36.4 Å². The lowest BCUT2D eigenvalue weighted by Crippen LogP contribution is -2.48. The van der Waals surface area contributed by atoms with Gasteiger partial charge >= 0.3 is 5.97 Å². The second-order valence-electron chi connectivity index (χ2n) is 5.88. The van der Waals surface area contributed by atoms with Crippen molar-refractivity contribution in [1.82, 2.24) is 4.90 Å². The summed E-state index contributed by atoms with van der Waals surface area (Å²) in [5.74, 6) is -0.675. The predicted octanol–water partition coefficient (Wildman–Crippen LogP) is 3.40. The van der Waals surface area contributed by atoms with Gasteiger partial charge in [0.2, 0.25) is 0 Å². The van der Waals surface area contributed by atoms with Crippen LogP contribution in [-0.4, -0.2) is 33.7 Å². The topological polar surface area (TPSA) is 60.8 Å². The first kappa shape index (κ1) is 15.3. The number of carboxylic acid groups (broad SMARTS) is 1. The van der Waals surface area contributed by atoms with E-state index < -0.39 is 11.5 Å². The van der Waals surface area contributed by atoms with Crippen LogP contribution in [0, 0.1) is 0 Å². The third-order valence-corrected chi connectivity index (χ3v) is 4.37. The molecule has 0 aliphatic carbocycles. The highest BCUT2D eigenvalue weighted by molar-refractivity contribution is 5.89. The minimum absolute atomic E-state index is 0.216. The number of phenols is 1. The van der Waals surface area contributed by atoms with Crippen molar-refractivity contribution >= 4 is 16.7 Å². The Morgan fingerprint density at radius 3 is 2.43 bits per heavy atom. The zero-order valence-electron chi connectivity index (χ0n) is 12.8. The number of carbonyl (C=O) groups is 1. The fourth-order valence-electron chi connectivity index (χ4n) is 2.45. The number of rotatable bonds is 4. The summed E-state index contributed by atoms with van der Waals surface area (Å²) < 4.78 is 0. The summed E-state index contributed by atoms with van der Waals surface area (Å²) in [5, 5.41) is 21.6. The first-order chi connectivity index (χ1) is 9.76. The SMILES string of the molecule is CC(c1ccc2ccccc2c1O)N(C)C(C)(C)C(=O)O. The fourth-order valence-corrected chi connectivity index (χ4v) is 2.45. The Kier molecular flexibility index (Phi) is 3.92. The van der Waals surface area contributed by atoms with E-state index in [1.165, 1.54) is 0 Å². The quantitative estimate of drug-likeness (QED) is 0.904. The number of aliphatic carboxylic acids is 1. The van der Waals surface area contributed by atoms with E-state index in [9.17, 15) is 15.0 Å². The van der Waals surface area contributed by atoms with Crippen LogP contribution in [0.3, 0.4) is 0 Å². The minimum Gasteiger partial charge on any atom is -0.507 e. The van der Waals surface area contributed by atoms with Gasteiger partial charge in [-0.05, 0) is 33.2 Å². The second kappa shape index (κ2) is 5.37. The van der Waals surface area contributed by atoms with Crippen LogP contribution in [0.25, 0.3) is 10.8 Å². The summed E-state index contributed by atoms with van der Waals surface area (Å²) in [6.45, 7) is 5.21. The van der Waals surface area contributed by atoms with Gasteiger partial charge in [-0.15, -0.1) is 0 Å². The van der Waals surface area contributed by atoms with Crippen molar-refractivity contribution in [3.63, 3.8) is 0 Å². The van der Waals surface area contributed by atoms with Crippen LogP contribution >= 0.6 is 0 Å². The standard InChI is InChI=1S/C17H21NO3/c1-11(18(4)17(2,3)16(20)21)13-10-9-12-7-5-6-8-14(12)15(13)19/h5-11,19H,1-4H3,(H,20,21). The zero-order valence-corrected chi connectivity index (χ0v) is 12.8. The Bertz CT molecular complexity index is 679. The van der Waals surface area contributed by atoms with Crippen molar-refractivity contribution < 1.29 is 15.0 Å². The molecule has 2 aromatic carbocycles. The Labute approximate surface area is 124 Å². The number of likely N-dealkylation sites (N-methyl/N-ethyl adjacent to an activating group) is 1. The van der Waals surface area contributed by atoms with Gasteiger partial charge in [0.25, 0.3) is 0 Å². The maximum Gasteiger partial charge on any atom is 0.323 e. The van der Waals surface area contributed by atoms with Gasteiger partial charge in [0.1, 0.15) is 11.3 Å². The molecular weight excluding hydrogens is 266 g/mol. The molecule has 0 spiro atoms. The molecule has 21 heavy (non-hydrogen) atoms. The van der Waals surface area contributed by atoms with Crippen molar-refractivity contribution in [3.05, 3.63) is 42.0 Å². The maximum absolute atomic E-state index is 11.4. The molecule has 2 N–H and O–H groups in total. The molecule has 2 aromatic rings. The molecular formula is C17H21NO3. The molecule has 0 saturated carbocycles. The first-order valence-corrected chi connectivity index (χ1v) is 6.93. The Hall–Kier alpha value is -2.07. The number of benzene rings is 2. The van der Waals surface area contributed by atoms with E-state index in [2.05, 4.69) is 0 Å². The molecule has 0 aliphatic heterocycles. The van der Waals surface area contributed by atoms with Gasteiger partial charge in [0.05, 0.1) is 0 Å². The van der Waals surface area contributed by atoms with Crippen molar-refractivity contribution in [2.75, 3.05) is 7.05 Å². The van der Waals surface area contributed by atoms with Crippen molar-refractivity contribution in [2.24, 2.45) is 0 Å². The van der Waals surface area contributed by atoms with E-state index in [0.29, 0.717) is 0 Å². The highest BCUT2D eigenvalue weighted by Crippen LogP contribution is 2.36. The van der Waals surface area contributed by atoms with Crippen LogP contribution in [0.4, 0.5) is 0 Å². The lowest BCUT2D eigenvalue weighted by molar-refractivity contribution is -0.149. The van der Waals surface area contributed by atoms with E-state index in [4.69, 9.17) is 0 Å². The van der Waals surface area contributed by atoms with E-state index in [0.717, 1.165) is 16.3 Å². The lowest BCUT2D eigenvalue weighted by Gasteiger charge is -2.36. The molecule has 0 radical (unpaired) electrons. The summed E-state index contributed by atoms with van der Waals surface area (Å²) in [5.41, 5.74) is -0.289. The Morgan fingerprint density at radius 2 is 1.81 bits per heavy atom. The van der Waals surface area contributed by atoms with Gasteiger partial charge in [0.15, 0.2) is 0 Å². The van der Waals surface area contributed by atoms with Crippen molar-refractivity contribution in [1.29, 1.82) is 0 Å². The highest BCUT2D eigenvalue weighted by atomic mass is 16.4. The maximum atomic E-state index is 11.4. The van der Waals surface area contributed by atoms with Crippen LogP contribution in [0.2, 0.25) is 0 Å². The fraction of sp³-hybridized carbons (Fsp3) is 0.353. The zero-order chi connectivity index (χ0) is 15.8. The number of carboxylic acids is 1. The third kappa shape index (κ3) is 2.59. The van der Waals surface area contributed by atoms with E-state index in [-0.39, 0.29) is 11.8 Å². The summed E-state index contributed by atoms with van der Waals surface area (Å²) in [4.78, 5) is 13.1. The highest BCUT2D eigenvalue weighted by Gasteiger charge is 2.35. The Morgan fingerprint density at radius 1 is 1.19 bits per heavy atom.